The van der Waals surface area contributed by atoms with Crippen LogP contribution in [0.1, 0.15) is 66.4 Å². The molecule has 0 fully saturated rings. The summed E-state index contributed by atoms with van der Waals surface area (Å²) in [4.78, 5) is 37.7. The number of alkyl halides is 3. The Balaban J connectivity index is 1.94. The van der Waals surface area contributed by atoms with Gasteiger partial charge in [0.05, 0.1) is 18.9 Å². The van der Waals surface area contributed by atoms with Crippen LogP contribution in [0.5, 0.6) is 5.75 Å². The molecule has 3 rings (SSSR count). The van der Waals surface area contributed by atoms with E-state index in [0.29, 0.717) is 30.5 Å². The van der Waals surface area contributed by atoms with Gasteiger partial charge in [-0.25, -0.2) is 13.2 Å². The van der Waals surface area contributed by atoms with Crippen molar-refractivity contribution < 1.29 is 50.2 Å². The van der Waals surface area contributed by atoms with Crippen molar-refractivity contribution in [1.82, 2.24) is 5.32 Å². The number of nitrogens with one attached hydrogen (secondary N) is 2. The summed E-state index contributed by atoms with van der Waals surface area (Å²) in [5.74, 6) is -8.14. The van der Waals surface area contributed by atoms with E-state index in [4.69, 9.17) is 4.74 Å². The molecule has 2 atom stereocenters. The molecule has 44 heavy (non-hydrogen) atoms. The predicted octanol–water partition coefficient (Wildman–Crippen LogP) is 6.99. The quantitative estimate of drug-likeness (QED) is 0.158. The van der Waals surface area contributed by atoms with Crippen LogP contribution in [0.2, 0.25) is 0 Å². The third-order valence-corrected chi connectivity index (χ3v) is 6.53. The van der Waals surface area contributed by atoms with Gasteiger partial charge < -0.3 is 20.1 Å². The lowest BCUT2D eigenvalue weighted by Gasteiger charge is -2.28. The molecule has 0 unspecified atom stereocenters. The molecule has 0 aliphatic carbocycles. The molecular weight excluding hydrogens is 594 g/mol. The van der Waals surface area contributed by atoms with E-state index >= 15 is 0 Å². The maximum Gasteiger partial charge on any atom is 0.573 e. The Kier molecular flexibility index (Phi) is 11.8. The summed E-state index contributed by atoms with van der Waals surface area (Å²) in [5, 5.41) is 4.77. The first-order valence-corrected chi connectivity index (χ1v) is 13.7. The van der Waals surface area contributed by atoms with Crippen LogP contribution >= 0.6 is 0 Å². The topological polar surface area (TPSA) is 93.7 Å². The molecule has 0 spiro atoms. The lowest BCUT2D eigenvalue weighted by molar-refractivity contribution is -0.274. The summed E-state index contributed by atoms with van der Waals surface area (Å²) in [6.45, 7) is 3.75. The van der Waals surface area contributed by atoms with Crippen molar-refractivity contribution in [2.45, 2.75) is 51.3 Å². The highest BCUT2D eigenvalue weighted by Crippen LogP contribution is 2.39. The predicted molar refractivity (Wildman–Crippen MR) is 148 cm³/mol. The van der Waals surface area contributed by atoms with Gasteiger partial charge in [-0.3, -0.25) is 14.4 Å². The van der Waals surface area contributed by atoms with Gasteiger partial charge in [0.2, 0.25) is 5.91 Å². The summed E-state index contributed by atoms with van der Waals surface area (Å²) in [6, 6.07) is 11.4. The molecule has 0 bridgehead atoms. The van der Waals surface area contributed by atoms with Crippen molar-refractivity contribution in [3.63, 3.8) is 0 Å². The molecular formula is C31H30F6N2O5. The smallest absolute Gasteiger partial charge is 0.466 e. The van der Waals surface area contributed by atoms with Crippen LogP contribution in [0.4, 0.5) is 32.0 Å². The van der Waals surface area contributed by atoms with E-state index in [1.165, 1.54) is 24.3 Å². The number of rotatable bonds is 13. The first-order valence-electron chi connectivity index (χ1n) is 13.7. The van der Waals surface area contributed by atoms with Gasteiger partial charge in [-0.1, -0.05) is 37.6 Å². The second-order valence-corrected chi connectivity index (χ2v) is 9.66. The number of amides is 2. The highest BCUT2D eigenvalue weighted by molar-refractivity contribution is 5.97. The summed E-state index contributed by atoms with van der Waals surface area (Å²) in [6.07, 6.45) is -4.10. The van der Waals surface area contributed by atoms with E-state index in [9.17, 15) is 40.7 Å². The molecule has 2 amide bonds. The zero-order valence-corrected chi connectivity index (χ0v) is 23.8. The molecule has 0 saturated heterocycles. The molecule has 0 saturated carbocycles. The van der Waals surface area contributed by atoms with E-state index < -0.39 is 64.9 Å². The molecule has 0 heterocycles. The highest BCUT2D eigenvalue weighted by Gasteiger charge is 2.34. The Hall–Kier alpha value is -4.55. The second-order valence-electron chi connectivity index (χ2n) is 9.66. The molecule has 7 nitrogen and oxygen atoms in total. The average Bonchev–Trinajstić information content (AvgIpc) is 2.95. The van der Waals surface area contributed by atoms with Gasteiger partial charge in [-0.2, -0.15) is 0 Å². The van der Waals surface area contributed by atoms with Crippen molar-refractivity contribution in [3.8, 4) is 5.75 Å². The molecule has 3 aromatic carbocycles. The van der Waals surface area contributed by atoms with Gasteiger partial charge >= 0.3 is 12.3 Å². The number of benzene rings is 3. The molecule has 0 aliphatic rings. The van der Waals surface area contributed by atoms with Gasteiger partial charge in [0.25, 0.3) is 5.91 Å². The highest BCUT2D eigenvalue weighted by atomic mass is 19.4. The van der Waals surface area contributed by atoms with Crippen LogP contribution in [0.25, 0.3) is 0 Å². The normalized spacial score (nSPS) is 12.6. The lowest BCUT2D eigenvalue weighted by atomic mass is 9.78. The summed E-state index contributed by atoms with van der Waals surface area (Å²) in [7, 11) is 0. The van der Waals surface area contributed by atoms with Crippen molar-refractivity contribution >= 4 is 23.5 Å². The van der Waals surface area contributed by atoms with E-state index in [1.807, 2.05) is 6.92 Å². The zero-order chi connectivity index (χ0) is 32.4. The van der Waals surface area contributed by atoms with Crippen molar-refractivity contribution in [2.75, 3.05) is 18.5 Å². The molecule has 0 radical (unpaired) electrons. The van der Waals surface area contributed by atoms with Gasteiger partial charge in [-0.05, 0) is 54.7 Å². The minimum Gasteiger partial charge on any atom is -0.466 e. The fourth-order valence-electron chi connectivity index (χ4n) is 4.64. The number of hydrogen-bond acceptors (Lipinski definition) is 5. The number of halogens is 6. The Labute approximate surface area is 249 Å². The Morgan fingerprint density at radius 3 is 2.00 bits per heavy atom. The fourth-order valence-corrected chi connectivity index (χ4v) is 4.64. The molecule has 236 valence electrons. The van der Waals surface area contributed by atoms with Crippen molar-refractivity contribution in [3.05, 3.63) is 94.8 Å². The molecule has 13 heteroatoms. The van der Waals surface area contributed by atoms with Crippen LogP contribution in [0.15, 0.2) is 60.7 Å². The second kappa shape index (κ2) is 15.3. The monoisotopic (exact) mass is 624 g/mol. The first-order chi connectivity index (χ1) is 20.8. The van der Waals surface area contributed by atoms with E-state index in [0.717, 1.165) is 12.1 Å². The summed E-state index contributed by atoms with van der Waals surface area (Å²) in [5.41, 5.74) is 0.117. The molecule has 0 aliphatic heterocycles. The van der Waals surface area contributed by atoms with Gasteiger partial charge in [0.1, 0.15) is 17.3 Å². The Morgan fingerprint density at radius 1 is 0.864 bits per heavy atom. The minimum atomic E-state index is -4.95. The van der Waals surface area contributed by atoms with Gasteiger partial charge in [0.15, 0.2) is 11.6 Å². The average molecular weight is 625 g/mol. The summed E-state index contributed by atoms with van der Waals surface area (Å²) < 4.78 is 89.2. The largest absolute Gasteiger partial charge is 0.573 e. The van der Waals surface area contributed by atoms with Gasteiger partial charge in [-0.15, -0.1) is 13.2 Å². The number of ether oxygens (including phenoxy) is 2. The molecule has 2 N–H and O–H groups in total. The SMILES string of the molecule is CCC[C@H](c1ccc(C(=O)NCCC(=O)OCC)cc1)[C@@H](C(=O)Nc1c(F)cc(F)cc1F)c1ccc(OC(F)(F)F)cc1. The number of carbonyl (C=O) groups is 3. The summed E-state index contributed by atoms with van der Waals surface area (Å²) >= 11 is 0. The number of anilines is 1. The van der Waals surface area contributed by atoms with Crippen LogP contribution in [0.3, 0.4) is 0 Å². The molecule has 0 aromatic heterocycles. The zero-order valence-electron chi connectivity index (χ0n) is 23.8. The number of esters is 1. The number of carbonyl (C=O) groups excluding carboxylic acids is 3. The van der Waals surface area contributed by atoms with E-state index in [-0.39, 0.29) is 30.7 Å². The third kappa shape index (κ3) is 9.48. The van der Waals surface area contributed by atoms with Crippen LogP contribution in [-0.2, 0) is 14.3 Å². The Morgan fingerprint density at radius 2 is 1.45 bits per heavy atom. The third-order valence-electron chi connectivity index (χ3n) is 6.53. The first kappa shape index (κ1) is 33.9. The van der Waals surface area contributed by atoms with E-state index in [2.05, 4.69) is 15.4 Å². The van der Waals surface area contributed by atoms with Crippen molar-refractivity contribution in [2.24, 2.45) is 0 Å². The van der Waals surface area contributed by atoms with E-state index in [1.54, 1.807) is 19.1 Å². The lowest BCUT2D eigenvalue weighted by Crippen LogP contribution is -2.28. The van der Waals surface area contributed by atoms with Crippen LogP contribution in [0, 0.1) is 17.5 Å². The van der Waals surface area contributed by atoms with Gasteiger partial charge in [0, 0.05) is 24.2 Å². The maximum atomic E-state index is 14.4. The van der Waals surface area contributed by atoms with Crippen LogP contribution < -0.4 is 15.4 Å². The number of hydrogen-bond donors (Lipinski definition) is 2. The molecule has 3 aromatic rings. The minimum absolute atomic E-state index is 0.0188. The standard InChI is InChI=1S/C31H30F6N2O5/c1-3-5-23(18-6-8-20(9-7-18)29(41)38-15-14-26(40)43-4-2)27(19-10-12-22(13-11-19)44-31(35,36)37)30(42)39-28-24(33)16-21(32)17-25(28)34/h6-13,16-17,23,27H,3-5,14-15H2,1-2H3,(H,38,41)(H,39,42)/t23-,27+/m1/s1. The van der Waals surface area contributed by atoms with Crippen molar-refractivity contribution in [1.29, 1.82) is 0 Å². The Bertz CT molecular complexity index is 1420. The fraction of sp³-hybridized carbons (Fsp3) is 0.323. The maximum absolute atomic E-state index is 14.4. The van der Waals surface area contributed by atoms with Crippen LogP contribution in [-0.4, -0.2) is 37.3 Å².